The molecule has 0 saturated carbocycles. The minimum atomic E-state index is -0.819. The van der Waals surface area contributed by atoms with Crippen molar-refractivity contribution < 1.29 is 14.3 Å². The van der Waals surface area contributed by atoms with Gasteiger partial charge in [-0.15, -0.1) is 0 Å². The fraction of sp³-hybridized carbons (Fsp3) is 0.0952. The molecule has 0 saturated heterocycles. The van der Waals surface area contributed by atoms with Crippen LogP contribution in [0.2, 0.25) is 10.2 Å². The molecule has 142 valence electrons. The van der Waals surface area contributed by atoms with Crippen LogP contribution in [0.15, 0.2) is 66.7 Å². The van der Waals surface area contributed by atoms with Gasteiger partial charge in [0.05, 0.1) is 5.02 Å². The third-order valence-corrected chi connectivity index (χ3v) is 4.38. The van der Waals surface area contributed by atoms with Gasteiger partial charge in [-0.1, -0.05) is 71.7 Å². The van der Waals surface area contributed by atoms with E-state index in [9.17, 15) is 9.59 Å². The van der Waals surface area contributed by atoms with E-state index in [2.05, 4.69) is 10.3 Å². The molecule has 3 rings (SSSR count). The van der Waals surface area contributed by atoms with Gasteiger partial charge in [0.15, 0.2) is 12.3 Å². The van der Waals surface area contributed by atoms with Crippen molar-refractivity contribution in [1.82, 2.24) is 4.98 Å². The van der Waals surface area contributed by atoms with Gasteiger partial charge in [-0.25, -0.2) is 9.78 Å². The summed E-state index contributed by atoms with van der Waals surface area (Å²) in [5, 5.41) is 2.98. The number of esters is 1. The molecule has 0 radical (unpaired) electrons. The first kappa shape index (κ1) is 19.9. The van der Waals surface area contributed by atoms with Gasteiger partial charge >= 0.3 is 5.97 Å². The molecule has 0 spiro atoms. The van der Waals surface area contributed by atoms with Crippen molar-refractivity contribution in [2.45, 2.75) is 6.42 Å². The number of benzene rings is 2. The van der Waals surface area contributed by atoms with E-state index in [1.165, 1.54) is 12.1 Å². The van der Waals surface area contributed by atoms with Crippen LogP contribution in [0.25, 0.3) is 0 Å². The number of pyridine rings is 1. The van der Waals surface area contributed by atoms with Crippen LogP contribution >= 0.6 is 23.2 Å². The quantitative estimate of drug-likeness (QED) is 0.465. The van der Waals surface area contributed by atoms with Crippen molar-refractivity contribution in [3.05, 3.63) is 93.7 Å². The number of hydrogen-bond acceptors (Lipinski definition) is 4. The molecule has 7 heteroatoms. The molecule has 1 heterocycles. The number of hydrogen-bond donors (Lipinski definition) is 1. The van der Waals surface area contributed by atoms with Crippen LogP contribution < -0.4 is 5.32 Å². The topological polar surface area (TPSA) is 68.3 Å². The Labute approximate surface area is 172 Å². The van der Waals surface area contributed by atoms with E-state index in [1.54, 1.807) is 6.07 Å². The maximum Gasteiger partial charge on any atom is 0.359 e. The summed E-state index contributed by atoms with van der Waals surface area (Å²) in [4.78, 5) is 28.1. The summed E-state index contributed by atoms with van der Waals surface area (Å²) in [5.41, 5.74) is 2.60. The Balaban J connectivity index is 1.62. The number of carbonyl (C=O) groups excluding carboxylic acids is 2. The molecule has 0 fully saturated rings. The minimum absolute atomic E-state index is 0.100. The third kappa shape index (κ3) is 5.31. The Hall–Kier alpha value is -2.89. The molecule has 0 unspecified atom stereocenters. The number of halogens is 2. The Morgan fingerprint density at radius 2 is 1.64 bits per heavy atom. The number of nitrogens with one attached hydrogen (secondary N) is 1. The van der Waals surface area contributed by atoms with Gasteiger partial charge in [0.2, 0.25) is 0 Å². The Morgan fingerprint density at radius 3 is 2.43 bits per heavy atom. The smallest absolute Gasteiger partial charge is 0.359 e. The normalized spacial score (nSPS) is 10.4. The molecule has 0 aliphatic rings. The van der Waals surface area contributed by atoms with E-state index in [0.717, 1.165) is 11.1 Å². The highest BCUT2D eigenvalue weighted by Crippen LogP contribution is 2.20. The second-order valence-corrected chi connectivity index (χ2v) is 6.70. The number of amides is 1. The molecule has 1 N–H and O–H groups in total. The summed E-state index contributed by atoms with van der Waals surface area (Å²) in [5.74, 6) is -1.28. The summed E-state index contributed by atoms with van der Waals surface area (Å²) in [6.07, 6.45) is 0.666. The predicted octanol–water partition coefficient (Wildman–Crippen LogP) is 4.77. The third-order valence-electron chi connectivity index (χ3n) is 3.87. The van der Waals surface area contributed by atoms with E-state index in [4.69, 9.17) is 27.9 Å². The van der Waals surface area contributed by atoms with Gasteiger partial charge in [-0.2, -0.15) is 0 Å². The first-order chi connectivity index (χ1) is 13.5. The average Bonchev–Trinajstić information content (AvgIpc) is 2.70. The molecular formula is C21H16Cl2N2O3. The molecule has 0 bridgehead atoms. The van der Waals surface area contributed by atoms with E-state index in [-0.39, 0.29) is 15.9 Å². The number of carbonyl (C=O) groups is 2. The highest BCUT2D eigenvalue weighted by Gasteiger charge is 2.16. The zero-order valence-corrected chi connectivity index (χ0v) is 16.2. The molecule has 2 aromatic carbocycles. The van der Waals surface area contributed by atoms with Crippen LogP contribution in [0.3, 0.4) is 0 Å². The van der Waals surface area contributed by atoms with Crippen molar-refractivity contribution >= 4 is 40.8 Å². The molecule has 28 heavy (non-hydrogen) atoms. The van der Waals surface area contributed by atoms with Gasteiger partial charge in [0.1, 0.15) is 5.15 Å². The molecule has 1 aromatic heterocycles. The van der Waals surface area contributed by atoms with Crippen molar-refractivity contribution in [2.24, 2.45) is 0 Å². The van der Waals surface area contributed by atoms with Crippen molar-refractivity contribution in [3.8, 4) is 0 Å². The highest BCUT2D eigenvalue weighted by atomic mass is 35.5. The standard InChI is InChI=1S/C21H16Cl2N2O3/c22-16-10-11-18(23)25-20(16)21(27)28-13-19(26)24-17-9-5-4-8-15(17)12-14-6-2-1-3-7-14/h1-11H,12-13H2,(H,24,26). The molecule has 5 nitrogen and oxygen atoms in total. The minimum Gasteiger partial charge on any atom is -0.451 e. The summed E-state index contributed by atoms with van der Waals surface area (Å²) in [6, 6.07) is 20.3. The molecular weight excluding hydrogens is 399 g/mol. The molecule has 0 atom stereocenters. The second kappa shape index (κ2) is 9.35. The first-order valence-corrected chi connectivity index (χ1v) is 9.19. The SMILES string of the molecule is O=C(COC(=O)c1nc(Cl)ccc1Cl)Nc1ccccc1Cc1ccccc1. The Bertz CT molecular complexity index is 994. The number of aromatic nitrogens is 1. The van der Waals surface area contributed by atoms with Crippen molar-refractivity contribution in [1.29, 1.82) is 0 Å². The van der Waals surface area contributed by atoms with E-state index in [0.29, 0.717) is 12.1 Å². The fourth-order valence-corrected chi connectivity index (χ4v) is 2.89. The number of ether oxygens (including phenoxy) is 1. The predicted molar refractivity (Wildman–Crippen MR) is 109 cm³/mol. The molecule has 1 amide bonds. The van der Waals surface area contributed by atoms with E-state index < -0.39 is 18.5 Å². The Morgan fingerprint density at radius 1 is 0.929 bits per heavy atom. The van der Waals surface area contributed by atoms with Gasteiger partial charge in [0, 0.05) is 5.69 Å². The largest absolute Gasteiger partial charge is 0.451 e. The zero-order valence-electron chi connectivity index (χ0n) is 14.7. The Kier molecular flexibility index (Phi) is 6.63. The van der Waals surface area contributed by atoms with Crippen LogP contribution in [-0.4, -0.2) is 23.5 Å². The highest BCUT2D eigenvalue weighted by molar-refractivity contribution is 6.34. The molecule has 3 aromatic rings. The van der Waals surface area contributed by atoms with Gasteiger partial charge < -0.3 is 10.1 Å². The molecule has 0 aliphatic carbocycles. The van der Waals surface area contributed by atoms with Crippen LogP contribution in [0.5, 0.6) is 0 Å². The zero-order chi connectivity index (χ0) is 19.9. The summed E-state index contributed by atoms with van der Waals surface area (Å²) in [6.45, 7) is -0.469. The second-order valence-electron chi connectivity index (χ2n) is 5.91. The van der Waals surface area contributed by atoms with E-state index >= 15 is 0 Å². The lowest BCUT2D eigenvalue weighted by atomic mass is 10.0. The number of nitrogens with zero attached hydrogens (tertiary/aromatic N) is 1. The average molecular weight is 415 g/mol. The van der Waals surface area contributed by atoms with Crippen molar-refractivity contribution in [3.63, 3.8) is 0 Å². The number of para-hydroxylation sites is 1. The van der Waals surface area contributed by atoms with E-state index in [1.807, 2.05) is 48.5 Å². The lowest BCUT2D eigenvalue weighted by Crippen LogP contribution is -2.22. The molecule has 0 aliphatic heterocycles. The van der Waals surface area contributed by atoms with Crippen LogP contribution in [0.4, 0.5) is 5.69 Å². The lowest BCUT2D eigenvalue weighted by Gasteiger charge is -2.11. The summed E-state index contributed by atoms with van der Waals surface area (Å²) < 4.78 is 5.00. The summed E-state index contributed by atoms with van der Waals surface area (Å²) >= 11 is 11.7. The van der Waals surface area contributed by atoms with Crippen LogP contribution in [0.1, 0.15) is 21.6 Å². The van der Waals surface area contributed by atoms with Gasteiger partial charge in [-0.3, -0.25) is 4.79 Å². The van der Waals surface area contributed by atoms with Gasteiger partial charge in [-0.05, 0) is 35.7 Å². The monoisotopic (exact) mass is 414 g/mol. The number of anilines is 1. The van der Waals surface area contributed by atoms with Crippen molar-refractivity contribution in [2.75, 3.05) is 11.9 Å². The first-order valence-electron chi connectivity index (χ1n) is 8.44. The lowest BCUT2D eigenvalue weighted by molar-refractivity contribution is -0.119. The summed E-state index contributed by atoms with van der Waals surface area (Å²) in [7, 11) is 0. The van der Waals surface area contributed by atoms with Crippen LogP contribution in [0, 0.1) is 0 Å². The maximum atomic E-state index is 12.2. The maximum absolute atomic E-state index is 12.2. The fourth-order valence-electron chi connectivity index (χ4n) is 2.56. The van der Waals surface area contributed by atoms with Gasteiger partial charge in [0.25, 0.3) is 5.91 Å². The number of rotatable bonds is 6. The van der Waals surface area contributed by atoms with Crippen LogP contribution in [-0.2, 0) is 16.0 Å².